The molecular weight excluding hydrogens is 208 g/mol. The van der Waals surface area contributed by atoms with Crippen LogP contribution >= 0.6 is 0 Å². The van der Waals surface area contributed by atoms with Crippen LogP contribution in [0.3, 0.4) is 0 Å². The third-order valence-electron chi connectivity index (χ3n) is 2.81. The molecular formula is C12H24O4. The molecule has 4 heteroatoms. The highest BCUT2D eigenvalue weighted by molar-refractivity contribution is 5.69. The van der Waals surface area contributed by atoms with Gasteiger partial charge in [-0.1, -0.05) is 33.1 Å². The molecule has 0 radical (unpaired) electrons. The van der Waals surface area contributed by atoms with Crippen LogP contribution in [0.4, 0.5) is 0 Å². The summed E-state index contributed by atoms with van der Waals surface area (Å²) in [5.41, 5.74) is -0.306. The number of hydrogen-bond donors (Lipinski definition) is 3. The van der Waals surface area contributed by atoms with Gasteiger partial charge < -0.3 is 15.3 Å². The topological polar surface area (TPSA) is 77.8 Å². The Morgan fingerprint density at radius 1 is 1.12 bits per heavy atom. The summed E-state index contributed by atoms with van der Waals surface area (Å²) in [5, 5.41) is 25.4. The lowest BCUT2D eigenvalue weighted by Crippen LogP contribution is -2.20. The van der Waals surface area contributed by atoms with E-state index in [-0.39, 0.29) is 24.5 Å². The lowest BCUT2D eigenvalue weighted by Gasteiger charge is -2.16. The predicted octanol–water partition coefficient (Wildman–Crippen LogP) is 1.65. The number of hydrogen-bond acceptors (Lipinski definition) is 3. The van der Waals surface area contributed by atoms with E-state index in [2.05, 4.69) is 0 Å². The number of carboxylic acid groups (broad SMARTS) is 1. The third kappa shape index (κ3) is 6.80. The fourth-order valence-corrected chi connectivity index (χ4v) is 1.40. The number of carbonyl (C=O) groups is 1. The summed E-state index contributed by atoms with van der Waals surface area (Å²) in [4.78, 5) is 10.4. The van der Waals surface area contributed by atoms with Crippen molar-refractivity contribution in [1.29, 1.82) is 0 Å². The van der Waals surface area contributed by atoms with Crippen molar-refractivity contribution in [3.8, 4) is 0 Å². The van der Waals surface area contributed by atoms with Gasteiger partial charge in [0, 0.05) is 5.41 Å². The van der Waals surface area contributed by atoms with Gasteiger partial charge in [0.25, 0.3) is 0 Å². The minimum Gasteiger partial charge on any atom is -0.481 e. The second kappa shape index (κ2) is 7.63. The quantitative estimate of drug-likeness (QED) is 0.691. The normalized spacial score (nSPS) is 17.5. The summed E-state index contributed by atoms with van der Waals surface area (Å²) in [7, 11) is 0. The first kappa shape index (κ1) is 15.4. The number of aliphatic hydroxyl groups excluding tert-OH is 2. The summed E-state index contributed by atoms with van der Waals surface area (Å²) in [5.74, 6) is -0.631. The Labute approximate surface area is 97.3 Å². The maximum absolute atomic E-state index is 10.4. The van der Waals surface area contributed by atoms with Crippen molar-refractivity contribution in [2.24, 2.45) is 11.3 Å². The van der Waals surface area contributed by atoms with Crippen LogP contribution in [0.2, 0.25) is 0 Å². The SMILES string of the molecule is CC(C)(CO)CO.O=C(O)C1CCCCC1. The van der Waals surface area contributed by atoms with Gasteiger partial charge in [0.15, 0.2) is 0 Å². The van der Waals surface area contributed by atoms with Gasteiger partial charge in [-0.25, -0.2) is 0 Å². The predicted molar refractivity (Wildman–Crippen MR) is 62.2 cm³/mol. The van der Waals surface area contributed by atoms with Gasteiger partial charge in [0.2, 0.25) is 0 Å². The Morgan fingerprint density at radius 2 is 1.56 bits per heavy atom. The lowest BCUT2D eigenvalue weighted by molar-refractivity contribution is -0.142. The first-order valence-electron chi connectivity index (χ1n) is 5.87. The van der Waals surface area contributed by atoms with Crippen molar-refractivity contribution in [3.05, 3.63) is 0 Å². The van der Waals surface area contributed by atoms with Crippen molar-refractivity contribution >= 4 is 5.97 Å². The standard InChI is InChI=1S/C7H12O2.C5H12O2/c8-7(9)6-4-2-1-3-5-6;1-5(2,3-6)4-7/h6H,1-5H2,(H,8,9);6-7H,3-4H2,1-2H3. The summed E-state index contributed by atoms with van der Waals surface area (Å²) in [6.07, 6.45) is 5.24. The minimum absolute atomic E-state index is 0.0289. The molecule has 0 aliphatic heterocycles. The van der Waals surface area contributed by atoms with E-state index in [4.69, 9.17) is 15.3 Å². The van der Waals surface area contributed by atoms with Gasteiger partial charge in [-0.15, -0.1) is 0 Å². The van der Waals surface area contributed by atoms with Gasteiger partial charge in [0.05, 0.1) is 19.1 Å². The van der Waals surface area contributed by atoms with Crippen molar-refractivity contribution in [1.82, 2.24) is 0 Å². The van der Waals surface area contributed by atoms with Gasteiger partial charge in [-0.05, 0) is 12.8 Å². The molecule has 1 aliphatic rings. The Bertz CT molecular complexity index is 189. The van der Waals surface area contributed by atoms with Crippen molar-refractivity contribution in [2.75, 3.05) is 13.2 Å². The van der Waals surface area contributed by atoms with Crippen molar-refractivity contribution in [2.45, 2.75) is 46.0 Å². The molecule has 3 N–H and O–H groups in total. The third-order valence-corrected chi connectivity index (χ3v) is 2.81. The first-order valence-corrected chi connectivity index (χ1v) is 5.87. The van der Waals surface area contributed by atoms with Crippen LogP contribution in [0.5, 0.6) is 0 Å². The van der Waals surface area contributed by atoms with E-state index < -0.39 is 5.97 Å². The molecule has 1 saturated carbocycles. The molecule has 0 atom stereocenters. The number of carboxylic acids is 1. The van der Waals surface area contributed by atoms with Gasteiger partial charge in [-0.3, -0.25) is 4.79 Å². The van der Waals surface area contributed by atoms with Crippen LogP contribution in [0.1, 0.15) is 46.0 Å². The molecule has 4 nitrogen and oxygen atoms in total. The van der Waals surface area contributed by atoms with Crippen LogP contribution < -0.4 is 0 Å². The number of aliphatic hydroxyl groups is 2. The van der Waals surface area contributed by atoms with Crippen LogP contribution in [0, 0.1) is 11.3 Å². The number of aliphatic carboxylic acids is 1. The molecule has 1 aliphatic carbocycles. The zero-order valence-corrected chi connectivity index (χ0v) is 10.3. The average Bonchev–Trinajstić information content (AvgIpc) is 2.31. The molecule has 1 fully saturated rings. The Morgan fingerprint density at radius 3 is 1.75 bits per heavy atom. The average molecular weight is 232 g/mol. The van der Waals surface area contributed by atoms with Crippen LogP contribution in [-0.4, -0.2) is 34.5 Å². The highest BCUT2D eigenvalue weighted by Crippen LogP contribution is 2.23. The maximum Gasteiger partial charge on any atom is 0.306 e. The van der Waals surface area contributed by atoms with Gasteiger partial charge >= 0.3 is 5.97 Å². The molecule has 0 aromatic heterocycles. The first-order chi connectivity index (χ1) is 7.43. The van der Waals surface area contributed by atoms with E-state index in [9.17, 15) is 4.79 Å². The lowest BCUT2D eigenvalue weighted by atomic mass is 9.90. The van der Waals surface area contributed by atoms with Crippen molar-refractivity contribution < 1.29 is 20.1 Å². The van der Waals surface area contributed by atoms with E-state index in [1.807, 2.05) is 0 Å². The minimum atomic E-state index is -0.602. The molecule has 0 heterocycles. The molecule has 96 valence electrons. The maximum atomic E-state index is 10.4. The summed E-state index contributed by atoms with van der Waals surface area (Å²) >= 11 is 0. The highest BCUT2D eigenvalue weighted by atomic mass is 16.4. The van der Waals surface area contributed by atoms with Crippen LogP contribution in [0.25, 0.3) is 0 Å². The number of rotatable bonds is 3. The van der Waals surface area contributed by atoms with Gasteiger partial charge in [-0.2, -0.15) is 0 Å². The summed E-state index contributed by atoms with van der Waals surface area (Å²) < 4.78 is 0. The molecule has 0 spiro atoms. The van der Waals surface area contributed by atoms with E-state index in [1.54, 1.807) is 13.8 Å². The summed E-state index contributed by atoms with van der Waals surface area (Å²) in [6, 6.07) is 0. The monoisotopic (exact) mass is 232 g/mol. The largest absolute Gasteiger partial charge is 0.481 e. The molecule has 0 unspecified atom stereocenters. The highest BCUT2D eigenvalue weighted by Gasteiger charge is 2.19. The smallest absolute Gasteiger partial charge is 0.306 e. The molecule has 0 aromatic carbocycles. The Balaban J connectivity index is 0.000000293. The molecule has 0 aromatic rings. The zero-order valence-electron chi connectivity index (χ0n) is 10.3. The van der Waals surface area contributed by atoms with Crippen LogP contribution in [-0.2, 0) is 4.79 Å². The Kier molecular flexibility index (Phi) is 7.34. The fraction of sp³-hybridized carbons (Fsp3) is 0.917. The second-order valence-corrected chi connectivity index (χ2v) is 5.15. The summed E-state index contributed by atoms with van der Waals surface area (Å²) in [6.45, 7) is 3.69. The van der Waals surface area contributed by atoms with Crippen LogP contribution in [0.15, 0.2) is 0 Å². The van der Waals surface area contributed by atoms with E-state index in [1.165, 1.54) is 6.42 Å². The molecule has 0 bridgehead atoms. The second-order valence-electron chi connectivity index (χ2n) is 5.15. The molecule has 1 rings (SSSR count). The van der Waals surface area contributed by atoms with E-state index in [0.717, 1.165) is 25.7 Å². The Hall–Kier alpha value is -0.610. The molecule has 16 heavy (non-hydrogen) atoms. The molecule has 0 amide bonds. The molecule has 0 saturated heterocycles. The van der Waals surface area contributed by atoms with Gasteiger partial charge in [0.1, 0.15) is 0 Å². The van der Waals surface area contributed by atoms with Crippen molar-refractivity contribution in [3.63, 3.8) is 0 Å². The zero-order chi connectivity index (χ0) is 12.6. The van der Waals surface area contributed by atoms with E-state index >= 15 is 0 Å². The van der Waals surface area contributed by atoms with E-state index in [0.29, 0.717) is 0 Å². The fourth-order valence-electron chi connectivity index (χ4n) is 1.40.